The van der Waals surface area contributed by atoms with Crippen molar-refractivity contribution in [2.45, 2.75) is 20.3 Å². The van der Waals surface area contributed by atoms with Crippen LogP contribution in [0.15, 0.2) is 21.4 Å². The van der Waals surface area contributed by atoms with E-state index in [1.807, 2.05) is 0 Å². The summed E-state index contributed by atoms with van der Waals surface area (Å²) in [6.07, 6.45) is -0.163. The SMILES string of the molecule is Cc1cc(C(=O)CC(=O)c2cscn2)c(C)o1. The molecule has 0 aliphatic heterocycles. The minimum atomic E-state index is -0.255. The van der Waals surface area contributed by atoms with Crippen LogP contribution in [0, 0.1) is 13.8 Å². The highest BCUT2D eigenvalue weighted by Gasteiger charge is 2.18. The van der Waals surface area contributed by atoms with Crippen LogP contribution in [0.1, 0.15) is 38.8 Å². The Kier molecular flexibility index (Phi) is 3.19. The van der Waals surface area contributed by atoms with Gasteiger partial charge in [-0.15, -0.1) is 11.3 Å². The standard InChI is InChI=1S/C12H11NO3S/c1-7-3-9(8(2)16-7)11(14)4-12(15)10-5-17-6-13-10/h3,5-6H,4H2,1-2H3. The van der Waals surface area contributed by atoms with Gasteiger partial charge in [-0.3, -0.25) is 9.59 Å². The molecule has 2 rings (SSSR count). The molecule has 0 radical (unpaired) electrons. The fourth-order valence-corrected chi connectivity index (χ4v) is 2.15. The van der Waals surface area contributed by atoms with Gasteiger partial charge in [0.05, 0.1) is 17.5 Å². The van der Waals surface area contributed by atoms with Crippen LogP contribution in [0.3, 0.4) is 0 Å². The van der Waals surface area contributed by atoms with E-state index in [0.717, 1.165) is 0 Å². The van der Waals surface area contributed by atoms with E-state index in [2.05, 4.69) is 4.98 Å². The highest BCUT2D eigenvalue weighted by molar-refractivity contribution is 7.07. The van der Waals surface area contributed by atoms with Crippen molar-refractivity contribution >= 4 is 22.9 Å². The number of rotatable bonds is 4. The molecule has 2 aromatic heterocycles. The highest BCUT2D eigenvalue weighted by Crippen LogP contribution is 2.16. The average molecular weight is 249 g/mol. The monoisotopic (exact) mass is 249 g/mol. The Morgan fingerprint density at radius 1 is 1.35 bits per heavy atom. The summed E-state index contributed by atoms with van der Waals surface area (Å²) in [5, 5.41) is 1.64. The smallest absolute Gasteiger partial charge is 0.189 e. The average Bonchev–Trinajstić information content (AvgIpc) is 2.87. The lowest BCUT2D eigenvalue weighted by Crippen LogP contribution is -2.09. The first kappa shape index (κ1) is 11.7. The van der Waals surface area contributed by atoms with E-state index in [0.29, 0.717) is 22.8 Å². The van der Waals surface area contributed by atoms with Gasteiger partial charge >= 0.3 is 0 Å². The molecule has 88 valence electrons. The number of thiazole rings is 1. The number of aryl methyl sites for hydroxylation is 2. The molecule has 2 aromatic rings. The lowest BCUT2D eigenvalue weighted by atomic mass is 10.1. The van der Waals surface area contributed by atoms with E-state index in [-0.39, 0.29) is 18.0 Å². The van der Waals surface area contributed by atoms with Gasteiger partial charge in [0.15, 0.2) is 11.6 Å². The summed E-state index contributed by atoms with van der Waals surface area (Å²) < 4.78 is 5.26. The summed E-state index contributed by atoms with van der Waals surface area (Å²) >= 11 is 1.34. The molecule has 0 aromatic carbocycles. The van der Waals surface area contributed by atoms with Gasteiger partial charge in [0.2, 0.25) is 0 Å². The molecule has 0 saturated heterocycles. The maximum absolute atomic E-state index is 11.9. The second kappa shape index (κ2) is 4.63. The molecule has 4 nitrogen and oxygen atoms in total. The van der Waals surface area contributed by atoms with Gasteiger partial charge < -0.3 is 4.42 Å². The number of carbonyl (C=O) groups is 2. The number of carbonyl (C=O) groups excluding carboxylic acids is 2. The van der Waals surface area contributed by atoms with Crippen molar-refractivity contribution in [2.75, 3.05) is 0 Å². The number of Topliss-reactive ketones (excluding diaryl/α,β-unsaturated/α-hetero) is 2. The summed E-state index contributed by atoms with van der Waals surface area (Å²) in [4.78, 5) is 27.5. The van der Waals surface area contributed by atoms with E-state index in [4.69, 9.17) is 4.42 Å². The maximum atomic E-state index is 11.9. The van der Waals surface area contributed by atoms with Crippen LogP contribution in [0.25, 0.3) is 0 Å². The van der Waals surface area contributed by atoms with E-state index in [1.165, 1.54) is 11.3 Å². The van der Waals surface area contributed by atoms with Crippen LogP contribution in [0.2, 0.25) is 0 Å². The van der Waals surface area contributed by atoms with Gasteiger partial charge in [0.25, 0.3) is 0 Å². The number of aromatic nitrogens is 1. The maximum Gasteiger partial charge on any atom is 0.189 e. The van der Waals surface area contributed by atoms with Crippen LogP contribution in [0.4, 0.5) is 0 Å². The van der Waals surface area contributed by atoms with Crippen LogP contribution in [-0.2, 0) is 0 Å². The van der Waals surface area contributed by atoms with Crippen LogP contribution < -0.4 is 0 Å². The molecule has 0 aliphatic rings. The molecule has 0 atom stereocenters. The van der Waals surface area contributed by atoms with E-state index in [9.17, 15) is 9.59 Å². The minimum absolute atomic E-state index is 0.163. The Labute approximate surface area is 102 Å². The van der Waals surface area contributed by atoms with Crippen LogP contribution in [-0.4, -0.2) is 16.6 Å². The Balaban J connectivity index is 2.12. The van der Waals surface area contributed by atoms with Gasteiger partial charge in [-0.1, -0.05) is 0 Å². The number of ketones is 2. The zero-order valence-corrected chi connectivity index (χ0v) is 10.3. The zero-order chi connectivity index (χ0) is 12.4. The molecule has 17 heavy (non-hydrogen) atoms. The summed E-state index contributed by atoms with van der Waals surface area (Å²) in [7, 11) is 0. The first-order valence-electron chi connectivity index (χ1n) is 5.09. The number of furan rings is 1. The topological polar surface area (TPSA) is 60.2 Å². The molecule has 5 heteroatoms. The van der Waals surface area contributed by atoms with E-state index < -0.39 is 0 Å². The summed E-state index contributed by atoms with van der Waals surface area (Å²) in [6.45, 7) is 3.49. The van der Waals surface area contributed by atoms with Crippen LogP contribution in [0.5, 0.6) is 0 Å². The lowest BCUT2D eigenvalue weighted by Gasteiger charge is -1.96. The predicted molar refractivity (Wildman–Crippen MR) is 63.6 cm³/mol. The second-order valence-corrected chi connectivity index (χ2v) is 4.44. The van der Waals surface area contributed by atoms with Gasteiger partial charge in [0, 0.05) is 5.38 Å². The van der Waals surface area contributed by atoms with Crippen molar-refractivity contribution in [1.29, 1.82) is 0 Å². The van der Waals surface area contributed by atoms with Crippen molar-refractivity contribution in [2.24, 2.45) is 0 Å². The third-order valence-corrected chi connectivity index (χ3v) is 2.97. The fraction of sp³-hybridized carbons (Fsp3) is 0.250. The third-order valence-electron chi connectivity index (χ3n) is 2.38. The quantitative estimate of drug-likeness (QED) is 0.617. The lowest BCUT2D eigenvalue weighted by molar-refractivity contribution is 0.0891. The van der Waals surface area contributed by atoms with E-state index in [1.54, 1.807) is 30.8 Å². The Morgan fingerprint density at radius 2 is 2.12 bits per heavy atom. The second-order valence-electron chi connectivity index (χ2n) is 3.72. The molecule has 0 spiro atoms. The minimum Gasteiger partial charge on any atom is -0.466 e. The van der Waals surface area contributed by atoms with Crippen molar-refractivity contribution in [3.8, 4) is 0 Å². The fourth-order valence-electron chi connectivity index (χ4n) is 1.59. The van der Waals surface area contributed by atoms with E-state index >= 15 is 0 Å². The van der Waals surface area contributed by atoms with Crippen LogP contribution >= 0.6 is 11.3 Å². The normalized spacial score (nSPS) is 10.5. The molecule has 0 saturated carbocycles. The molecular weight excluding hydrogens is 238 g/mol. The number of nitrogens with zero attached hydrogens (tertiary/aromatic N) is 1. The Hall–Kier alpha value is -1.75. The van der Waals surface area contributed by atoms with Gasteiger partial charge in [-0.25, -0.2) is 4.98 Å². The third kappa shape index (κ3) is 2.50. The number of hydrogen-bond donors (Lipinski definition) is 0. The molecule has 0 aliphatic carbocycles. The largest absolute Gasteiger partial charge is 0.466 e. The Morgan fingerprint density at radius 3 is 2.65 bits per heavy atom. The molecule has 0 bridgehead atoms. The summed E-state index contributed by atoms with van der Waals surface area (Å²) in [6, 6.07) is 1.66. The molecule has 0 fully saturated rings. The predicted octanol–water partition coefficient (Wildman–Crippen LogP) is 2.81. The molecular formula is C12H11NO3S. The molecule has 0 N–H and O–H groups in total. The molecule has 0 unspecified atom stereocenters. The summed E-state index contributed by atoms with van der Waals surface area (Å²) in [5.74, 6) is 0.748. The first-order valence-corrected chi connectivity index (χ1v) is 6.04. The zero-order valence-electron chi connectivity index (χ0n) is 9.52. The molecule has 0 amide bonds. The summed E-state index contributed by atoms with van der Waals surface area (Å²) in [5.41, 5.74) is 2.40. The molecule has 2 heterocycles. The van der Waals surface area contributed by atoms with Crippen molar-refractivity contribution < 1.29 is 14.0 Å². The van der Waals surface area contributed by atoms with Crippen molar-refractivity contribution in [3.05, 3.63) is 39.7 Å². The van der Waals surface area contributed by atoms with Crippen molar-refractivity contribution in [3.63, 3.8) is 0 Å². The van der Waals surface area contributed by atoms with Crippen molar-refractivity contribution in [1.82, 2.24) is 4.98 Å². The first-order chi connectivity index (χ1) is 8.08. The van der Waals surface area contributed by atoms with Gasteiger partial charge in [0.1, 0.15) is 17.2 Å². The van der Waals surface area contributed by atoms with Gasteiger partial charge in [-0.05, 0) is 19.9 Å². The Bertz CT molecular complexity index is 554. The highest BCUT2D eigenvalue weighted by atomic mass is 32.1. The van der Waals surface area contributed by atoms with Gasteiger partial charge in [-0.2, -0.15) is 0 Å². The number of hydrogen-bond acceptors (Lipinski definition) is 5.